The molecule has 0 N–H and O–H groups in total. The minimum absolute atomic E-state index is 1.27. The van der Waals surface area contributed by atoms with Crippen LogP contribution in [0.1, 0.15) is 23.3 Å². The average Bonchev–Trinajstić information content (AvgIpc) is 2.62. The summed E-state index contributed by atoms with van der Waals surface area (Å²) < 4.78 is 1.47. The molecule has 0 spiro atoms. The van der Waals surface area contributed by atoms with Crippen LogP contribution in [-0.2, 0) is 12.8 Å². The van der Waals surface area contributed by atoms with Gasteiger partial charge < -0.3 is 0 Å². The highest BCUT2D eigenvalue weighted by Crippen LogP contribution is 2.37. The van der Waals surface area contributed by atoms with Crippen molar-refractivity contribution in [2.45, 2.75) is 25.7 Å². The lowest BCUT2D eigenvalue weighted by atomic mass is 10.00. The molecule has 0 radical (unpaired) electrons. The van der Waals surface area contributed by atoms with Crippen LogP contribution in [0.4, 0.5) is 0 Å². The SMILES string of the molecule is c1nc2sc3c(c2s1)CCCC3. The maximum atomic E-state index is 4.36. The number of aromatic nitrogens is 1. The largest absolute Gasteiger partial charge is 0.234 e. The summed E-state index contributed by atoms with van der Waals surface area (Å²) in [6, 6.07) is 0. The van der Waals surface area contributed by atoms with Gasteiger partial charge in [-0.3, -0.25) is 0 Å². The molecule has 0 amide bonds. The molecular formula is C9H9NS2. The van der Waals surface area contributed by atoms with Crippen LogP contribution in [0.15, 0.2) is 5.51 Å². The Hall–Kier alpha value is -0.410. The second-order valence-electron chi connectivity index (χ2n) is 3.20. The molecule has 0 aliphatic heterocycles. The lowest BCUT2D eigenvalue weighted by molar-refractivity contribution is 0.701. The van der Waals surface area contributed by atoms with Gasteiger partial charge in [0.25, 0.3) is 0 Å². The molecule has 0 aromatic carbocycles. The molecule has 0 fully saturated rings. The number of thiophene rings is 1. The number of thiazole rings is 1. The summed E-state index contributed by atoms with van der Waals surface area (Å²) >= 11 is 3.71. The number of hydrogen-bond donors (Lipinski definition) is 0. The zero-order valence-corrected chi connectivity index (χ0v) is 8.30. The first kappa shape index (κ1) is 7.04. The van der Waals surface area contributed by atoms with E-state index in [9.17, 15) is 0 Å². The van der Waals surface area contributed by atoms with Gasteiger partial charge in [-0.25, -0.2) is 4.98 Å². The van der Waals surface area contributed by atoms with E-state index in [1.165, 1.54) is 35.2 Å². The smallest absolute Gasteiger partial charge is 0.134 e. The average molecular weight is 195 g/mol. The molecule has 1 aliphatic carbocycles. The minimum atomic E-state index is 1.27. The number of rotatable bonds is 0. The van der Waals surface area contributed by atoms with Crippen LogP contribution in [0.25, 0.3) is 9.53 Å². The molecule has 2 heterocycles. The molecule has 62 valence electrons. The molecule has 0 unspecified atom stereocenters. The van der Waals surface area contributed by atoms with Crippen LogP contribution < -0.4 is 0 Å². The Morgan fingerprint density at radius 3 is 3.17 bits per heavy atom. The minimum Gasteiger partial charge on any atom is -0.234 e. The van der Waals surface area contributed by atoms with Crippen molar-refractivity contribution in [3.05, 3.63) is 16.0 Å². The third kappa shape index (κ3) is 0.866. The summed E-state index contributed by atoms with van der Waals surface area (Å²) in [6.45, 7) is 0. The molecule has 0 saturated carbocycles. The molecule has 0 atom stereocenters. The number of nitrogens with zero attached hydrogens (tertiary/aromatic N) is 1. The Bertz CT molecular complexity index is 413. The Balaban J connectivity index is 2.34. The molecule has 3 heteroatoms. The summed E-state index contributed by atoms with van der Waals surface area (Å²) in [4.78, 5) is 7.24. The lowest BCUT2D eigenvalue weighted by Crippen LogP contribution is -1.97. The van der Waals surface area contributed by atoms with Crippen LogP contribution >= 0.6 is 22.7 Å². The van der Waals surface area contributed by atoms with Crippen LogP contribution in [0.5, 0.6) is 0 Å². The Morgan fingerprint density at radius 1 is 1.25 bits per heavy atom. The van der Waals surface area contributed by atoms with Crippen molar-refractivity contribution in [2.75, 3.05) is 0 Å². The van der Waals surface area contributed by atoms with Crippen molar-refractivity contribution in [3.8, 4) is 0 Å². The standard InChI is InChI=1S/C9H9NS2/c1-2-4-7-6(3-1)8-9(12-7)10-5-11-8/h5H,1-4H2. The monoisotopic (exact) mass is 195 g/mol. The molecule has 0 bridgehead atoms. The van der Waals surface area contributed by atoms with E-state index >= 15 is 0 Å². The van der Waals surface area contributed by atoms with E-state index in [1.807, 2.05) is 28.2 Å². The molecule has 0 saturated heterocycles. The summed E-state index contributed by atoms with van der Waals surface area (Å²) in [5.74, 6) is 0. The highest BCUT2D eigenvalue weighted by Gasteiger charge is 2.16. The van der Waals surface area contributed by atoms with E-state index in [2.05, 4.69) is 4.98 Å². The highest BCUT2D eigenvalue weighted by molar-refractivity contribution is 7.26. The van der Waals surface area contributed by atoms with Gasteiger partial charge in [0.15, 0.2) is 0 Å². The number of aryl methyl sites for hydroxylation is 2. The van der Waals surface area contributed by atoms with Crippen molar-refractivity contribution in [2.24, 2.45) is 0 Å². The first-order valence-corrected chi connectivity index (χ1v) is 5.98. The topological polar surface area (TPSA) is 12.9 Å². The van der Waals surface area contributed by atoms with Crippen molar-refractivity contribution >= 4 is 32.2 Å². The van der Waals surface area contributed by atoms with Crippen LogP contribution in [0, 0.1) is 0 Å². The normalized spacial score (nSPS) is 16.7. The second-order valence-corrected chi connectivity index (χ2v) is 5.14. The van der Waals surface area contributed by atoms with Crippen LogP contribution in [0.3, 0.4) is 0 Å². The van der Waals surface area contributed by atoms with Crippen molar-refractivity contribution in [1.82, 2.24) is 4.98 Å². The van der Waals surface area contributed by atoms with Gasteiger partial charge in [-0.05, 0) is 31.2 Å². The second kappa shape index (κ2) is 2.54. The molecule has 1 aliphatic rings. The van der Waals surface area contributed by atoms with Gasteiger partial charge in [0.2, 0.25) is 0 Å². The predicted molar refractivity (Wildman–Crippen MR) is 54.1 cm³/mol. The summed E-state index contributed by atoms with van der Waals surface area (Å²) in [5, 5.41) is 0. The third-order valence-corrected chi connectivity index (χ3v) is 4.66. The lowest BCUT2D eigenvalue weighted by Gasteiger charge is -2.09. The maximum absolute atomic E-state index is 4.36. The molecule has 1 nitrogen and oxygen atoms in total. The maximum Gasteiger partial charge on any atom is 0.134 e. The summed E-state index contributed by atoms with van der Waals surface area (Å²) in [6.07, 6.45) is 5.33. The molecule has 3 rings (SSSR count). The van der Waals surface area contributed by atoms with Gasteiger partial charge in [-0.2, -0.15) is 0 Å². The summed E-state index contributed by atoms with van der Waals surface area (Å²) in [7, 11) is 0. The zero-order chi connectivity index (χ0) is 7.97. The summed E-state index contributed by atoms with van der Waals surface area (Å²) in [5.41, 5.74) is 3.58. The fourth-order valence-electron chi connectivity index (χ4n) is 1.86. The van der Waals surface area contributed by atoms with Crippen molar-refractivity contribution < 1.29 is 0 Å². The highest BCUT2D eigenvalue weighted by atomic mass is 32.1. The number of hydrogen-bond acceptors (Lipinski definition) is 3. The zero-order valence-electron chi connectivity index (χ0n) is 6.67. The van der Waals surface area contributed by atoms with Crippen LogP contribution in [-0.4, -0.2) is 4.98 Å². The van der Waals surface area contributed by atoms with Gasteiger partial charge in [0, 0.05) is 4.88 Å². The van der Waals surface area contributed by atoms with Crippen LogP contribution in [0.2, 0.25) is 0 Å². The first-order valence-electron chi connectivity index (χ1n) is 4.29. The Labute approximate surface area is 79.1 Å². The van der Waals surface area contributed by atoms with Gasteiger partial charge >= 0.3 is 0 Å². The van der Waals surface area contributed by atoms with Gasteiger partial charge in [0.1, 0.15) is 4.83 Å². The van der Waals surface area contributed by atoms with Crippen molar-refractivity contribution in [1.29, 1.82) is 0 Å². The Kier molecular flexibility index (Phi) is 1.49. The Morgan fingerprint density at radius 2 is 2.17 bits per heavy atom. The van der Waals surface area contributed by atoms with E-state index < -0.39 is 0 Å². The fourth-order valence-corrected chi connectivity index (χ4v) is 4.17. The van der Waals surface area contributed by atoms with E-state index in [0.29, 0.717) is 0 Å². The molecule has 12 heavy (non-hydrogen) atoms. The van der Waals surface area contributed by atoms with Gasteiger partial charge in [-0.1, -0.05) is 0 Å². The van der Waals surface area contributed by atoms with E-state index in [1.54, 1.807) is 10.4 Å². The van der Waals surface area contributed by atoms with E-state index in [-0.39, 0.29) is 0 Å². The third-order valence-electron chi connectivity index (χ3n) is 2.45. The molecular weight excluding hydrogens is 186 g/mol. The van der Waals surface area contributed by atoms with Crippen molar-refractivity contribution in [3.63, 3.8) is 0 Å². The molecule has 2 aromatic heterocycles. The molecule has 2 aromatic rings. The predicted octanol–water partition coefficient (Wildman–Crippen LogP) is 3.24. The first-order chi connectivity index (χ1) is 5.95. The number of fused-ring (bicyclic) bond motifs is 3. The quantitative estimate of drug-likeness (QED) is 0.629. The van der Waals surface area contributed by atoms with Gasteiger partial charge in [-0.15, -0.1) is 22.7 Å². The van der Waals surface area contributed by atoms with E-state index in [0.717, 1.165) is 0 Å². The van der Waals surface area contributed by atoms with E-state index in [4.69, 9.17) is 0 Å². The fraction of sp³-hybridized carbons (Fsp3) is 0.444. The van der Waals surface area contributed by atoms with Gasteiger partial charge in [0.05, 0.1) is 10.2 Å².